The number of benzene rings is 2. The molecule has 1 aliphatic rings. The minimum atomic E-state index is -1.34. The number of ether oxygens (including phenoxy) is 1. The number of nitro groups is 1. The molecule has 2 aromatic rings. The number of nitro benzene ring substituents is 1. The predicted molar refractivity (Wildman–Crippen MR) is 85.7 cm³/mol. The van der Waals surface area contributed by atoms with Gasteiger partial charge in [-0.25, -0.2) is 4.79 Å². The van der Waals surface area contributed by atoms with Crippen LogP contribution in [-0.2, 0) is 16.0 Å². The van der Waals surface area contributed by atoms with Gasteiger partial charge in [0.25, 0.3) is 11.6 Å². The molecule has 1 heterocycles. The first-order valence-corrected chi connectivity index (χ1v) is 7.26. The Morgan fingerprint density at radius 1 is 1.21 bits per heavy atom. The van der Waals surface area contributed by atoms with E-state index in [1.807, 2.05) is 0 Å². The third-order valence-electron chi connectivity index (χ3n) is 3.90. The lowest BCUT2D eigenvalue weighted by molar-refractivity contribution is -0.384. The van der Waals surface area contributed by atoms with Crippen LogP contribution in [0.5, 0.6) is 0 Å². The van der Waals surface area contributed by atoms with Gasteiger partial charge in [-0.15, -0.1) is 0 Å². The van der Waals surface area contributed by atoms with E-state index < -0.39 is 22.4 Å². The second kappa shape index (κ2) is 5.77. The van der Waals surface area contributed by atoms with Gasteiger partial charge in [0.05, 0.1) is 10.5 Å². The summed E-state index contributed by atoms with van der Waals surface area (Å²) in [5, 5.41) is 13.3. The lowest BCUT2D eigenvalue weighted by atomic mass is 9.89. The number of carbonyl (C=O) groups is 2. The number of esters is 1. The smallest absolute Gasteiger partial charge is 0.339 e. The SMILES string of the molecule is C[C@]1(C(=O)Nc2ccc([N+](=O)[O-])cc2)Cc2ccccc2C(=O)O1. The van der Waals surface area contributed by atoms with E-state index in [1.54, 1.807) is 31.2 Å². The molecule has 0 saturated heterocycles. The van der Waals surface area contributed by atoms with E-state index in [9.17, 15) is 19.7 Å². The fraction of sp³-hybridized carbons (Fsp3) is 0.176. The summed E-state index contributed by atoms with van der Waals surface area (Å²) in [6.45, 7) is 1.54. The maximum Gasteiger partial charge on any atom is 0.339 e. The molecule has 0 spiro atoms. The molecular formula is C17H14N2O5. The third-order valence-corrected chi connectivity index (χ3v) is 3.90. The zero-order valence-electron chi connectivity index (χ0n) is 12.8. The molecule has 0 unspecified atom stereocenters. The van der Waals surface area contributed by atoms with Crippen molar-refractivity contribution in [2.24, 2.45) is 0 Å². The van der Waals surface area contributed by atoms with Gasteiger partial charge in [0.2, 0.25) is 0 Å². The Morgan fingerprint density at radius 3 is 2.54 bits per heavy atom. The molecule has 7 nitrogen and oxygen atoms in total. The number of cyclic esters (lactones) is 1. The molecule has 0 aromatic heterocycles. The molecule has 7 heteroatoms. The number of non-ortho nitro benzene ring substituents is 1. The summed E-state index contributed by atoms with van der Waals surface area (Å²) in [4.78, 5) is 34.8. The molecule has 0 radical (unpaired) electrons. The lowest BCUT2D eigenvalue weighted by Gasteiger charge is -2.33. The first kappa shape index (κ1) is 15.7. The van der Waals surface area contributed by atoms with Crippen molar-refractivity contribution in [1.29, 1.82) is 0 Å². The van der Waals surface area contributed by atoms with Crippen LogP contribution in [0, 0.1) is 10.1 Å². The van der Waals surface area contributed by atoms with Crippen LogP contribution in [0.3, 0.4) is 0 Å². The van der Waals surface area contributed by atoms with Crippen molar-refractivity contribution in [2.45, 2.75) is 18.9 Å². The molecule has 1 atom stereocenters. The summed E-state index contributed by atoms with van der Waals surface area (Å²) in [5.41, 5.74) is 0.180. The van der Waals surface area contributed by atoms with Crippen molar-refractivity contribution < 1.29 is 19.2 Å². The molecule has 0 fully saturated rings. The molecule has 0 saturated carbocycles. The van der Waals surface area contributed by atoms with Gasteiger partial charge < -0.3 is 10.1 Å². The molecular weight excluding hydrogens is 312 g/mol. The van der Waals surface area contributed by atoms with Crippen LogP contribution < -0.4 is 5.32 Å². The van der Waals surface area contributed by atoms with Crippen LogP contribution in [0.2, 0.25) is 0 Å². The number of hydrogen-bond donors (Lipinski definition) is 1. The highest BCUT2D eigenvalue weighted by Gasteiger charge is 2.42. The summed E-state index contributed by atoms with van der Waals surface area (Å²) in [7, 11) is 0. The molecule has 122 valence electrons. The van der Waals surface area contributed by atoms with Crippen LogP contribution in [0.1, 0.15) is 22.8 Å². The summed E-state index contributed by atoms with van der Waals surface area (Å²) in [6.07, 6.45) is 0.258. The van der Waals surface area contributed by atoms with Gasteiger partial charge in [-0.05, 0) is 30.7 Å². The number of nitrogens with zero attached hydrogens (tertiary/aromatic N) is 1. The van der Waals surface area contributed by atoms with Crippen molar-refractivity contribution in [2.75, 3.05) is 5.32 Å². The summed E-state index contributed by atoms with van der Waals surface area (Å²) in [5.74, 6) is -1.03. The Balaban J connectivity index is 1.80. The first-order valence-electron chi connectivity index (χ1n) is 7.26. The molecule has 1 amide bonds. The second-order valence-corrected chi connectivity index (χ2v) is 5.71. The molecule has 1 N–H and O–H groups in total. The summed E-state index contributed by atoms with van der Waals surface area (Å²) in [6, 6.07) is 12.4. The van der Waals surface area contributed by atoms with E-state index in [0.29, 0.717) is 11.3 Å². The summed E-state index contributed by atoms with van der Waals surface area (Å²) < 4.78 is 5.34. The zero-order valence-corrected chi connectivity index (χ0v) is 12.8. The van der Waals surface area contributed by atoms with E-state index in [4.69, 9.17) is 4.74 Å². The normalized spacial score (nSPS) is 19.1. The Bertz CT molecular complexity index is 831. The van der Waals surface area contributed by atoms with Crippen LogP contribution in [0.4, 0.5) is 11.4 Å². The molecule has 2 aromatic carbocycles. The number of carbonyl (C=O) groups excluding carboxylic acids is 2. The maximum atomic E-state index is 12.5. The maximum absolute atomic E-state index is 12.5. The van der Waals surface area contributed by atoms with E-state index >= 15 is 0 Å². The first-order chi connectivity index (χ1) is 11.4. The average molecular weight is 326 g/mol. The van der Waals surface area contributed by atoms with Gasteiger partial charge in [-0.3, -0.25) is 14.9 Å². The topological polar surface area (TPSA) is 98.5 Å². The van der Waals surface area contributed by atoms with Crippen molar-refractivity contribution in [1.82, 2.24) is 0 Å². The fourth-order valence-electron chi connectivity index (χ4n) is 2.59. The molecule has 0 bridgehead atoms. The molecule has 0 aliphatic carbocycles. The largest absolute Gasteiger partial charge is 0.445 e. The molecule has 24 heavy (non-hydrogen) atoms. The van der Waals surface area contributed by atoms with Gasteiger partial charge in [-0.1, -0.05) is 18.2 Å². The highest BCUT2D eigenvalue weighted by Crippen LogP contribution is 2.29. The number of anilines is 1. The number of rotatable bonds is 3. The number of amides is 1. The Hall–Kier alpha value is -3.22. The monoisotopic (exact) mass is 326 g/mol. The van der Waals surface area contributed by atoms with Crippen LogP contribution in [0.25, 0.3) is 0 Å². The second-order valence-electron chi connectivity index (χ2n) is 5.71. The average Bonchev–Trinajstić information content (AvgIpc) is 2.55. The van der Waals surface area contributed by atoms with Crippen molar-refractivity contribution in [3.8, 4) is 0 Å². The number of hydrogen-bond acceptors (Lipinski definition) is 5. The molecule has 3 rings (SSSR count). The van der Waals surface area contributed by atoms with E-state index in [2.05, 4.69) is 5.32 Å². The van der Waals surface area contributed by atoms with Gasteiger partial charge in [0.1, 0.15) is 0 Å². The minimum Gasteiger partial charge on any atom is -0.445 e. The fourth-order valence-corrected chi connectivity index (χ4v) is 2.59. The zero-order chi connectivity index (χ0) is 17.3. The van der Waals surface area contributed by atoms with E-state index in [1.165, 1.54) is 24.3 Å². The Morgan fingerprint density at radius 2 is 1.88 bits per heavy atom. The van der Waals surface area contributed by atoms with Crippen molar-refractivity contribution >= 4 is 23.3 Å². The molecule has 1 aliphatic heterocycles. The quantitative estimate of drug-likeness (QED) is 0.531. The standard InChI is InChI=1S/C17H14N2O5/c1-17(10-11-4-2-3-5-14(11)15(20)24-17)16(21)18-12-6-8-13(9-7-12)19(22)23/h2-9H,10H2,1H3,(H,18,21)/t17-/m1/s1. The van der Waals surface area contributed by atoms with Gasteiger partial charge in [0, 0.05) is 24.2 Å². The third kappa shape index (κ3) is 2.83. The van der Waals surface area contributed by atoms with Gasteiger partial charge >= 0.3 is 5.97 Å². The predicted octanol–water partition coefficient (Wildman–Crippen LogP) is 2.71. The van der Waals surface area contributed by atoms with Crippen LogP contribution in [-0.4, -0.2) is 22.4 Å². The van der Waals surface area contributed by atoms with Crippen molar-refractivity contribution in [3.05, 3.63) is 69.8 Å². The highest BCUT2D eigenvalue weighted by atomic mass is 16.6. The van der Waals surface area contributed by atoms with Crippen molar-refractivity contribution in [3.63, 3.8) is 0 Å². The number of fused-ring (bicyclic) bond motifs is 1. The van der Waals surface area contributed by atoms with E-state index in [-0.39, 0.29) is 12.1 Å². The van der Waals surface area contributed by atoms with E-state index in [0.717, 1.165) is 5.56 Å². The van der Waals surface area contributed by atoms with Crippen LogP contribution in [0.15, 0.2) is 48.5 Å². The Labute approximate surface area is 137 Å². The lowest BCUT2D eigenvalue weighted by Crippen LogP contribution is -2.48. The van der Waals surface area contributed by atoms with Gasteiger partial charge in [-0.2, -0.15) is 0 Å². The highest BCUT2D eigenvalue weighted by molar-refractivity contribution is 6.02. The van der Waals surface area contributed by atoms with Gasteiger partial charge in [0.15, 0.2) is 5.60 Å². The summed E-state index contributed by atoms with van der Waals surface area (Å²) >= 11 is 0. The number of nitrogens with one attached hydrogen (secondary N) is 1. The van der Waals surface area contributed by atoms with Crippen LogP contribution >= 0.6 is 0 Å². The Kier molecular flexibility index (Phi) is 3.76. The minimum absolute atomic E-state index is 0.0720.